The zero-order valence-electron chi connectivity index (χ0n) is 10.1. The molecule has 0 aromatic rings. The Kier molecular flexibility index (Phi) is 4.70. The van der Waals surface area contributed by atoms with Crippen molar-refractivity contribution in [2.75, 3.05) is 26.8 Å². The molecule has 1 rings (SSSR count). The molecule has 0 spiro atoms. The van der Waals surface area contributed by atoms with Gasteiger partial charge in [-0.15, -0.1) is 0 Å². The maximum Gasteiger partial charge on any atom is 0.239 e. The average molecular weight is 230 g/mol. The van der Waals surface area contributed by atoms with Crippen LogP contribution in [0.2, 0.25) is 0 Å². The molecule has 0 saturated carbocycles. The lowest BCUT2D eigenvalue weighted by Crippen LogP contribution is -2.65. The van der Waals surface area contributed by atoms with Crippen LogP contribution in [0.5, 0.6) is 0 Å². The van der Waals surface area contributed by atoms with Crippen molar-refractivity contribution in [3.63, 3.8) is 0 Å². The number of nitrogens with zero attached hydrogens (tertiary/aromatic N) is 1. The van der Waals surface area contributed by atoms with Crippen LogP contribution < -0.4 is 5.73 Å². The van der Waals surface area contributed by atoms with Crippen molar-refractivity contribution in [1.82, 2.24) is 4.90 Å². The third-order valence-corrected chi connectivity index (χ3v) is 3.12. The third-order valence-electron chi connectivity index (χ3n) is 3.12. The van der Waals surface area contributed by atoms with E-state index in [1.165, 1.54) is 0 Å². The molecule has 0 aromatic carbocycles. The predicted octanol–water partition coefficient (Wildman–Crippen LogP) is -0.276. The van der Waals surface area contributed by atoms with Gasteiger partial charge in [-0.3, -0.25) is 4.79 Å². The number of aliphatic hydroxyl groups is 1. The SMILES string of the molecule is CCC1(O)CN(C(=O)C(N)CCCOC)C1. The molecule has 5 heteroatoms. The molecule has 1 aliphatic rings. The van der Waals surface area contributed by atoms with Gasteiger partial charge in [0.25, 0.3) is 0 Å². The molecular weight excluding hydrogens is 208 g/mol. The number of hydrogen-bond donors (Lipinski definition) is 2. The van der Waals surface area contributed by atoms with E-state index in [0.717, 1.165) is 6.42 Å². The van der Waals surface area contributed by atoms with Gasteiger partial charge in [0, 0.05) is 13.7 Å². The van der Waals surface area contributed by atoms with Gasteiger partial charge >= 0.3 is 0 Å². The number of likely N-dealkylation sites (tertiary alicyclic amines) is 1. The quantitative estimate of drug-likeness (QED) is 0.616. The zero-order valence-corrected chi connectivity index (χ0v) is 10.1. The summed E-state index contributed by atoms with van der Waals surface area (Å²) in [6.07, 6.45) is 2.10. The van der Waals surface area contributed by atoms with Crippen molar-refractivity contribution < 1.29 is 14.6 Å². The van der Waals surface area contributed by atoms with Gasteiger partial charge < -0.3 is 20.5 Å². The Hall–Kier alpha value is -0.650. The minimum atomic E-state index is -0.679. The van der Waals surface area contributed by atoms with Gasteiger partial charge in [0.15, 0.2) is 0 Å². The second-order valence-corrected chi connectivity index (χ2v) is 4.51. The molecule has 0 aliphatic carbocycles. The molecule has 1 amide bonds. The standard InChI is InChI=1S/C11H22N2O3/c1-3-11(15)7-13(8-11)10(14)9(12)5-4-6-16-2/h9,15H,3-8,12H2,1-2H3. The number of β-amino-alcohol motifs (C(OH)–C–C–N with tert-alkyl or cyclic N) is 1. The Morgan fingerprint density at radius 3 is 2.75 bits per heavy atom. The summed E-state index contributed by atoms with van der Waals surface area (Å²) in [5.41, 5.74) is 5.09. The first-order valence-electron chi connectivity index (χ1n) is 5.78. The second kappa shape index (κ2) is 5.61. The van der Waals surface area contributed by atoms with E-state index in [0.29, 0.717) is 32.5 Å². The largest absolute Gasteiger partial charge is 0.386 e. The summed E-state index contributed by atoms with van der Waals surface area (Å²) in [5.74, 6) is -0.0609. The van der Waals surface area contributed by atoms with Crippen LogP contribution in [0, 0.1) is 0 Å². The topological polar surface area (TPSA) is 75.8 Å². The Morgan fingerprint density at radius 2 is 2.25 bits per heavy atom. The van der Waals surface area contributed by atoms with E-state index in [1.54, 1.807) is 12.0 Å². The fraction of sp³-hybridized carbons (Fsp3) is 0.909. The van der Waals surface area contributed by atoms with Crippen LogP contribution in [0.1, 0.15) is 26.2 Å². The van der Waals surface area contributed by atoms with Crippen LogP contribution in [0.25, 0.3) is 0 Å². The lowest BCUT2D eigenvalue weighted by molar-refractivity contribution is -0.157. The summed E-state index contributed by atoms with van der Waals surface area (Å²) in [4.78, 5) is 13.4. The van der Waals surface area contributed by atoms with Gasteiger partial charge in [-0.1, -0.05) is 6.92 Å². The highest BCUT2D eigenvalue weighted by Crippen LogP contribution is 2.24. The molecule has 94 valence electrons. The van der Waals surface area contributed by atoms with E-state index in [1.807, 2.05) is 6.92 Å². The Morgan fingerprint density at radius 1 is 1.62 bits per heavy atom. The fourth-order valence-electron chi connectivity index (χ4n) is 1.85. The van der Waals surface area contributed by atoms with E-state index in [-0.39, 0.29) is 5.91 Å². The van der Waals surface area contributed by atoms with E-state index < -0.39 is 11.6 Å². The molecule has 1 unspecified atom stereocenters. The monoisotopic (exact) mass is 230 g/mol. The highest BCUT2D eigenvalue weighted by molar-refractivity contribution is 5.82. The van der Waals surface area contributed by atoms with Crippen LogP contribution in [-0.2, 0) is 9.53 Å². The van der Waals surface area contributed by atoms with Crippen LogP contribution in [0.3, 0.4) is 0 Å². The van der Waals surface area contributed by atoms with Gasteiger partial charge in [0.1, 0.15) is 0 Å². The van der Waals surface area contributed by atoms with Crippen molar-refractivity contribution in [3.8, 4) is 0 Å². The number of ether oxygens (including phenoxy) is 1. The van der Waals surface area contributed by atoms with Crippen molar-refractivity contribution in [3.05, 3.63) is 0 Å². The first-order chi connectivity index (χ1) is 7.52. The molecule has 1 fully saturated rings. The zero-order chi connectivity index (χ0) is 12.2. The Bertz CT molecular complexity index is 239. The van der Waals surface area contributed by atoms with Crippen LogP contribution in [-0.4, -0.2) is 54.4 Å². The first-order valence-corrected chi connectivity index (χ1v) is 5.78. The van der Waals surface area contributed by atoms with Crippen molar-refractivity contribution >= 4 is 5.91 Å². The van der Waals surface area contributed by atoms with Gasteiger partial charge in [-0.05, 0) is 19.3 Å². The normalized spacial score (nSPS) is 20.4. The number of rotatable bonds is 6. The third kappa shape index (κ3) is 3.17. The number of hydrogen-bond acceptors (Lipinski definition) is 4. The lowest BCUT2D eigenvalue weighted by Gasteiger charge is -2.46. The molecule has 3 N–H and O–H groups in total. The van der Waals surface area contributed by atoms with Crippen molar-refractivity contribution in [1.29, 1.82) is 0 Å². The van der Waals surface area contributed by atoms with Gasteiger partial charge in [-0.2, -0.15) is 0 Å². The molecule has 1 heterocycles. The highest BCUT2D eigenvalue weighted by atomic mass is 16.5. The van der Waals surface area contributed by atoms with E-state index in [9.17, 15) is 9.90 Å². The summed E-state index contributed by atoms with van der Waals surface area (Å²) >= 11 is 0. The summed E-state index contributed by atoms with van der Waals surface area (Å²) in [6.45, 7) is 3.38. The van der Waals surface area contributed by atoms with E-state index in [4.69, 9.17) is 10.5 Å². The summed E-state index contributed by atoms with van der Waals surface area (Å²) in [6, 6.07) is -0.462. The van der Waals surface area contributed by atoms with E-state index in [2.05, 4.69) is 0 Å². The van der Waals surface area contributed by atoms with Crippen molar-refractivity contribution in [2.45, 2.75) is 37.8 Å². The molecule has 1 aliphatic heterocycles. The average Bonchev–Trinajstić information content (AvgIpc) is 2.24. The number of carbonyl (C=O) groups is 1. The van der Waals surface area contributed by atoms with Gasteiger partial charge in [0.05, 0.1) is 24.7 Å². The fourth-order valence-corrected chi connectivity index (χ4v) is 1.85. The molecule has 1 saturated heterocycles. The van der Waals surface area contributed by atoms with Gasteiger partial charge in [0.2, 0.25) is 5.91 Å². The molecule has 5 nitrogen and oxygen atoms in total. The smallest absolute Gasteiger partial charge is 0.239 e. The minimum absolute atomic E-state index is 0.0609. The Labute approximate surface area is 96.6 Å². The number of methoxy groups -OCH3 is 1. The maximum absolute atomic E-state index is 11.8. The van der Waals surface area contributed by atoms with Crippen LogP contribution >= 0.6 is 0 Å². The van der Waals surface area contributed by atoms with E-state index >= 15 is 0 Å². The highest BCUT2D eigenvalue weighted by Gasteiger charge is 2.42. The summed E-state index contributed by atoms with van der Waals surface area (Å²) in [5, 5.41) is 9.78. The predicted molar refractivity (Wildman–Crippen MR) is 60.9 cm³/mol. The van der Waals surface area contributed by atoms with Crippen LogP contribution in [0.15, 0.2) is 0 Å². The first kappa shape index (κ1) is 13.4. The number of carbonyl (C=O) groups excluding carboxylic acids is 1. The summed E-state index contributed by atoms with van der Waals surface area (Å²) in [7, 11) is 1.63. The van der Waals surface area contributed by atoms with Crippen LogP contribution in [0.4, 0.5) is 0 Å². The Balaban J connectivity index is 2.25. The lowest BCUT2D eigenvalue weighted by atomic mass is 9.90. The molecule has 0 aromatic heterocycles. The maximum atomic E-state index is 11.8. The molecule has 16 heavy (non-hydrogen) atoms. The van der Waals surface area contributed by atoms with Crippen molar-refractivity contribution in [2.24, 2.45) is 5.73 Å². The number of nitrogens with two attached hydrogens (primary N) is 1. The van der Waals surface area contributed by atoms with Gasteiger partial charge in [-0.25, -0.2) is 0 Å². The molecule has 0 radical (unpaired) electrons. The minimum Gasteiger partial charge on any atom is -0.386 e. The second-order valence-electron chi connectivity index (χ2n) is 4.51. The summed E-state index contributed by atoms with van der Waals surface area (Å²) < 4.78 is 4.90. The number of amides is 1. The molecule has 0 bridgehead atoms. The molecular formula is C11H22N2O3. The molecule has 1 atom stereocenters.